The Kier molecular flexibility index (Phi) is 5.49. The average molecular weight is 379 g/mol. The largest absolute Gasteiger partial charge is 0.466 e. The SMILES string of the molecule is COC(=O)C(=Cc1ccc([N+](=O)[O-])cc1)C(Br)Br. The number of halogens is 2. The molecular weight excluding hydrogens is 370 g/mol. The van der Waals surface area contributed by atoms with Gasteiger partial charge in [-0.15, -0.1) is 0 Å². The number of hydrogen-bond donors (Lipinski definition) is 0. The van der Waals surface area contributed by atoms with Crippen LogP contribution in [0.25, 0.3) is 6.08 Å². The highest BCUT2D eigenvalue weighted by Gasteiger charge is 2.16. The van der Waals surface area contributed by atoms with Crippen LogP contribution >= 0.6 is 31.9 Å². The molecule has 0 unspecified atom stereocenters. The molecule has 0 atom stereocenters. The van der Waals surface area contributed by atoms with E-state index in [0.29, 0.717) is 11.1 Å². The van der Waals surface area contributed by atoms with Crippen molar-refractivity contribution in [1.82, 2.24) is 0 Å². The van der Waals surface area contributed by atoms with Gasteiger partial charge in [-0.25, -0.2) is 4.79 Å². The summed E-state index contributed by atoms with van der Waals surface area (Å²) in [6.45, 7) is 0. The summed E-state index contributed by atoms with van der Waals surface area (Å²) in [5, 5.41) is 10.5. The zero-order chi connectivity index (χ0) is 13.7. The van der Waals surface area contributed by atoms with Crippen LogP contribution < -0.4 is 0 Å². The minimum Gasteiger partial charge on any atom is -0.466 e. The summed E-state index contributed by atoms with van der Waals surface area (Å²) in [6, 6.07) is 5.86. The third-order valence-corrected chi connectivity index (χ3v) is 3.07. The first-order valence-corrected chi connectivity index (χ1v) is 6.61. The fourth-order valence-electron chi connectivity index (χ4n) is 1.20. The summed E-state index contributed by atoms with van der Waals surface area (Å²) in [5.41, 5.74) is 1.04. The number of alkyl halides is 2. The zero-order valence-electron chi connectivity index (χ0n) is 9.30. The van der Waals surface area contributed by atoms with Crippen molar-refractivity contribution in [2.45, 2.75) is 3.74 Å². The number of methoxy groups -OCH3 is 1. The number of carbonyl (C=O) groups excluding carboxylic acids is 1. The van der Waals surface area contributed by atoms with Gasteiger partial charge in [-0.2, -0.15) is 0 Å². The van der Waals surface area contributed by atoms with Crippen LogP contribution in [0.3, 0.4) is 0 Å². The molecule has 0 bridgehead atoms. The summed E-state index contributed by atoms with van der Waals surface area (Å²) in [6.07, 6.45) is 1.59. The van der Waals surface area contributed by atoms with Gasteiger partial charge in [0.15, 0.2) is 0 Å². The highest BCUT2D eigenvalue weighted by molar-refractivity contribution is 9.24. The molecule has 0 heterocycles. The summed E-state index contributed by atoms with van der Waals surface area (Å²) in [7, 11) is 1.29. The molecule has 96 valence electrons. The van der Waals surface area contributed by atoms with Crippen LogP contribution in [0.2, 0.25) is 0 Å². The number of nitro groups is 1. The maximum Gasteiger partial charge on any atom is 0.335 e. The van der Waals surface area contributed by atoms with E-state index < -0.39 is 10.9 Å². The first kappa shape index (κ1) is 14.8. The summed E-state index contributed by atoms with van der Waals surface area (Å²) >= 11 is 6.43. The predicted octanol–water partition coefficient (Wildman–Crippen LogP) is 3.27. The lowest BCUT2D eigenvalue weighted by molar-refractivity contribution is -0.384. The molecule has 7 heteroatoms. The lowest BCUT2D eigenvalue weighted by Crippen LogP contribution is -2.09. The summed E-state index contributed by atoms with van der Waals surface area (Å²) < 4.78 is 4.28. The van der Waals surface area contributed by atoms with Crippen LogP contribution in [0.15, 0.2) is 29.8 Å². The molecule has 0 aliphatic carbocycles. The molecule has 0 aromatic heterocycles. The van der Waals surface area contributed by atoms with Gasteiger partial charge in [0.25, 0.3) is 5.69 Å². The number of carbonyl (C=O) groups is 1. The maximum atomic E-state index is 11.5. The second kappa shape index (κ2) is 6.65. The molecule has 0 radical (unpaired) electrons. The molecule has 0 spiro atoms. The van der Waals surface area contributed by atoms with Gasteiger partial charge < -0.3 is 4.74 Å². The molecule has 18 heavy (non-hydrogen) atoms. The molecule has 5 nitrogen and oxygen atoms in total. The summed E-state index contributed by atoms with van der Waals surface area (Å²) in [4.78, 5) is 21.5. The topological polar surface area (TPSA) is 69.4 Å². The third-order valence-electron chi connectivity index (χ3n) is 2.08. The highest BCUT2D eigenvalue weighted by Crippen LogP contribution is 2.23. The van der Waals surface area contributed by atoms with Crippen LogP contribution in [0.1, 0.15) is 5.56 Å². The second-order valence-corrected chi connectivity index (χ2v) is 6.30. The number of ether oxygens (including phenoxy) is 1. The van der Waals surface area contributed by atoms with Crippen LogP contribution in [0, 0.1) is 10.1 Å². The van der Waals surface area contributed by atoms with Gasteiger partial charge in [-0.05, 0) is 23.8 Å². The molecule has 1 rings (SSSR count). The van der Waals surface area contributed by atoms with E-state index in [2.05, 4.69) is 36.6 Å². The van der Waals surface area contributed by atoms with Crippen molar-refractivity contribution >= 4 is 49.6 Å². The Hall–Kier alpha value is -1.21. The number of rotatable bonds is 4. The number of esters is 1. The van der Waals surface area contributed by atoms with E-state index in [4.69, 9.17) is 0 Å². The van der Waals surface area contributed by atoms with Gasteiger partial charge in [0.1, 0.15) is 3.74 Å². The Bertz CT molecular complexity index is 482. The highest BCUT2D eigenvalue weighted by atomic mass is 79.9. The number of nitro benzene ring substituents is 1. The van der Waals surface area contributed by atoms with Crippen LogP contribution in [-0.2, 0) is 9.53 Å². The van der Waals surface area contributed by atoms with Crippen molar-refractivity contribution in [3.8, 4) is 0 Å². The molecule has 1 aromatic rings. The maximum absolute atomic E-state index is 11.5. The van der Waals surface area contributed by atoms with Crippen molar-refractivity contribution in [2.75, 3.05) is 7.11 Å². The van der Waals surface area contributed by atoms with Crippen molar-refractivity contribution in [2.24, 2.45) is 0 Å². The molecular formula is C11H9Br2NO4. The molecule has 0 aliphatic rings. The van der Waals surface area contributed by atoms with E-state index in [1.807, 2.05) is 0 Å². The molecule has 0 fully saturated rings. The van der Waals surface area contributed by atoms with Crippen molar-refractivity contribution in [3.05, 3.63) is 45.5 Å². The van der Waals surface area contributed by atoms with Crippen LogP contribution in [0.4, 0.5) is 5.69 Å². The average Bonchev–Trinajstić information content (AvgIpc) is 2.35. The minimum absolute atomic E-state index is 0.000928. The Morgan fingerprint density at radius 2 is 1.94 bits per heavy atom. The number of benzene rings is 1. The third kappa shape index (κ3) is 3.92. The Balaban J connectivity index is 3.05. The predicted molar refractivity (Wildman–Crippen MR) is 74.7 cm³/mol. The van der Waals surface area contributed by atoms with Crippen LogP contribution in [0.5, 0.6) is 0 Å². The van der Waals surface area contributed by atoms with Crippen molar-refractivity contribution < 1.29 is 14.5 Å². The summed E-state index contributed by atoms with van der Waals surface area (Å²) in [5.74, 6) is -0.480. The Morgan fingerprint density at radius 1 is 1.39 bits per heavy atom. The van der Waals surface area contributed by atoms with Gasteiger partial charge in [-0.3, -0.25) is 10.1 Å². The molecule has 0 saturated carbocycles. The standard InChI is InChI=1S/C11H9Br2NO4/c1-18-11(15)9(10(12)13)6-7-2-4-8(5-3-7)14(16)17/h2-6,10H,1H3. The second-order valence-electron chi connectivity index (χ2n) is 3.24. The molecule has 1 aromatic carbocycles. The van der Waals surface area contributed by atoms with Crippen molar-refractivity contribution in [3.63, 3.8) is 0 Å². The fourth-order valence-corrected chi connectivity index (χ4v) is 1.84. The van der Waals surface area contributed by atoms with Crippen molar-refractivity contribution in [1.29, 1.82) is 0 Å². The van der Waals surface area contributed by atoms with Gasteiger partial charge in [-0.1, -0.05) is 31.9 Å². The normalized spacial score (nSPS) is 11.4. The van der Waals surface area contributed by atoms with E-state index in [0.717, 1.165) is 0 Å². The lowest BCUT2D eigenvalue weighted by Gasteiger charge is -2.06. The van der Waals surface area contributed by atoms with Crippen LogP contribution in [-0.4, -0.2) is 21.7 Å². The van der Waals surface area contributed by atoms with Gasteiger partial charge in [0, 0.05) is 12.1 Å². The molecule has 0 saturated heterocycles. The smallest absolute Gasteiger partial charge is 0.335 e. The Morgan fingerprint density at radius 3 is 2.33 bits per heavy atom. The van der Waals surface area contributed by atoms with Gasteiger partial charge in [0.2, 0.25) is 0 Å². The quantitative estimate of drug-likeness (QED) is 0.265. The van der Waals surface area contributed by atoms with E-state index in [1.54, 1.807) is 18.2 Å². The first-order chi connectivity index (χ1) is 8.45. The monoisotopic (exact) mass is 377 g/mol. The Labute approximate surface area is 120 Å². The zero-order valence-corrected chi connectivity index (χ0v) is 12.5. The van der Waals surface area contributed by atoms with E-state index in [-0.39, 0.29) is 9.42 Å². The molecule has 0 amide bonds. The fraction of sp³-hybridized carbons (Fsp3) is 0.182. The lowest BCUT2D eigenvalue weighted by atomic mass is 10.1. The van der Waals surface area contributed by atoms with E-state index >= 15 is 0 Å². The van der Waals surface area contributed by atoms with Gasteiger partial charge >= 0.3 is 5.97 Å². The van der Waals surface area contributed by atoms with E-state index in [1.165, 1.54) is 19.2 Å². The van der Waals surface area contributed by atoms with E-state index in [9.17, 15) is 14.9 Å². The van der Waals surface area contributed by atoms with Gasteiger partial charge in [0.05, 0.1) is 17.6 Å². The first-order valence-electron chi connectivity index (χ1n) is 4.78. The molecule has 0 N–H and O–H groups in total. The number of non-ortho nitro benzene ring substituents is 1. The number of hydrogen-bond acceptors (Lipinski definition) is 4. The molecule has 0 aliphatic heterocycles. The minimum atomic E-state index is -0.480. The number of nitrogens with zero attached hydrogens (tertiary/aromatic N) is 1.